The number of halogens is 1. The Hall–Kier alpha value is -2.54. The van der Waals surface area contributed by atoms with Gasteiger partial charge in [-0.1, -0.05) is 35.0 Å². The molecule has 0 atom stereocenters. The molecule has 0 saturated carbocycles. The van der Waals surface area contributed by atoms with E-state index in [0.717, 1.165) is 0 Å². The molecular formula is C13H12ClN3O4. The van der Waals surface area contributed by atoms with E-state index in [9.17, 15) is 9.59 Å². The molecule has 1 aromatic carbocycles. The molecule has 0 fully saturated rings. The fourth-order valence-electron chi connectivity index (χ4n) is 1.70. The Morgan fingerprint density at radius 2 is 1.90 bits per heavy atom. The van der Waals surface area contributed by atoms with Gasteiger partial charge >= 0.3 is 6.09 Å². The SMILES string of the molecule is O=C(O)NCCNC(=O)c1nocc1-c1ccccc1Cl. The number of carbonyl (C=O) groups is 2. The molecule has 7 nitrogen and oxygen atoms in total. The molecule has 1 aromatic heterocycles. The highest BCUT2D eigenvalue weighted by Crippen LogP contribution is 2.29. The third kappa shape index (κ3) is 3.73. The van der Waals surface area contributed by atoms with Crippen LogP contribution in [0.5, 0.6) is 0 Å². The van der Waals surface area contributed by atoms with Gasteiger partial charge in [0, 0.05) is 23.7 Å². The lowest BCUT2D eigenvalue weighted by molar-refractivity contribution is 0.0944. The zero-order valence-electron chi connectivity index (χ0n) is 10.8. The summed E-state index contributed by atoms with van der Waals surface area (Å²) in [5.41, 5.74) is 1.21. The Balaban J connectivity index is 2.08. The minimum absolute atomic E-state index is 0.0958. The second kappa shape index (κ2) is 6.76. The lowest BCUT2D eigenvalue weighted by Gasteiger charge is -2.05. The summed E-state index contributed by atoms with van der Waals surface area (Å²) in [6, 6.07) is 7.00. The monoisotopic (exact) mass is 309 g/mol. The molecule has 2 amide bonds. The van der Waals surface area contributed by atoms with E-state index in [1.807, 2.05) is 0 Å². The minimum Gasteiger partial charge on any atom is -0.465 e. The summed E-state index contributed by atoms with van der Waals surface area (Å²) in [6.45, 7) is 0.236. The maximum Gasteiger partial charge on any atom is 0.404 e. The van der Waals surface area contributed by atoms with E-state index in [1.165, 1.54) is 6.26 Å². The molecule has 1 heterocycles. The average molecular weight is 310 g/mol. The molecule has 0 radical (unpaired) electrons. The van der Waals surface area contributed by atoms with Crippen LogP contribution in [0.3, 0.4) is 0 Å². The van der Waals surface area contributed by atoms with Crippen molar-refractivity contribution in [2.75, 3.05) is 13.1 Å². The number of benzene rings is 1. The van der Waals surface area contributed by atoms with Crippen LogP contribution >= 0.6 is 11.6 Å². The second-order valence-corrected chi connectivity index (χ2v) is 4.45. The van der Waals surface area contributed by atoms with Crippen LogP contribution in [0.2, 0.25) is 5.02 Å². The van der Waals surface area contributed by atoms with Crippen LogP contribution in [0.4, 0.5) is 4.79 Å². The summed E-state index contributed by atoms with van der Waals surface area (Å²) in [7, 11) is 0. The lowest BCUT2D eigenvalue weighted by atomic mass is 10.1. The molecule has 8 heteroatoms. The summed E-state index contributed by atoms with van der Waals surface area (Å²) in [6.07, 6.45) is 0.188. The van der Waals surface area contributed by atoms with Gasteiger partial charge < -0.3 is 20.3 Å². The van der Waals surface area contributed by atoms with E-state index in [0.29, 0.717) is 16.1 Å². The van der Waals surface area contributed by atoms with Crippen molar-refractivity contribution in [2.45, 2.75) is 0 Å². The smallest absolute Gasteiger partial charge is 0.404 e. The van der Waals surface area contributed by atoms with E-state index in [2.05, 4.69) is 15.8 Å². The van der Waals surface area contributed by atoms with Gasteiger partial charge in [0.15, 0.2) is 5.69 Å². The molecule has 0 bridgehead atoms. The van der Waals surface area contributed by atoms with Crippen LogP contribution < -0.4 is 10.6 Å². The fourth-order valence-corrected chi connectivity index (χ4v) is 1.94. The van der Waals surface area contributed by atoms with Crippen LogP contribution in [0.25, 0.3) is 11.1 Å². The summed E-state index contributed by atoms with van der Waals surface area (Å²) in [5, 5.41) is 17.2. The van der Waals surface area contributed by atoms with Crippen LogP contribution in [-0.4, -0.2) is 35.4 Å². The van der Waals surface area contributed by atoms with Crippen molar-refractivity contribution >= 4 is 23.6 Å². The fraction of sp³-hybridized carbons (Fsp3) is 0.154. The van der Waals surface area contributed by atoms with Gasteiger partial charge in [0.2, 0.25) is 0 Å². The Labute approximate surface area is 124 Å². The van der Waals surface area contributed by atoms with Crippen molar-refractivity contribution in [1.82, 2.24) is 15.8 Å². The van der Waals surface area contributed by atoms with Gasteiger partial charge in [-0.2, -0.15) is 0 Å². The minimum atomic E-state index is -1.15. The maximum atomic E-state index is 12.0. The Bertz CT molecular complexity index is 656. The van der Waals surface area contributed by atoms with Gasteiger partial charge in [0.1, 0.15) is 6.26 Å². The van der Waals surface area contributed by atoms with E-state index < -0.39 is 12.0 Å². The van der Waals surface area contributed by atoms with Crippen molar-refractivity contribution in [1.29, 1.82) is 0 Å². The second-order valence-electron chi connectivity index (χ2n) is 4.04. The van der Waals surface area contributed by atoms with Crippen molar-refractivity contribution in [3.05, 3.63) is 41.2 Å². The van der Waals surface area contributed by atoms with Crippen molar-refractivity contribution in [3.8, 4) is 11.1 Å². The molecular weight excluding hydrogens is 298 g/mol. The van der Waals surface area contributed by atoms with Crippen LogP contribution in [-0.2, 0) is 0 Å². The van der Waals surface area contributed by atoms with Gasteiger partial charge in [-0.05, 0) is 6.07 Å². The van der Waals surface area contributed by atoms with Gasteiger partial charge in [0.05, 0.1) is 5.56 Å². The molecule has 3 N–H and O–H groups in total. The zero-order valence-corrected chi connectivity index (χ0v) is 11.6. The van der Waals surface area contributed by atoms with Crippen LogP contribution in [0, 0.1) is 0 Å². The van der Waals surface area contributed by atoms with Gasteiger partial charge in [-0.15, -0.1) is 0 Å². The number of nitrogens with one attached hydrogen (secondary N) is 2. The first-order chi connectivity index (χ1) is 10.1. The predicted octanol–water partition coefficient (Wildman–Crippen LogP) is 1.99. The highest BCUT2D eigenvalue weighted by molar-refractivity contribution is 6.33. The van der Waals surface area contributed by atoms with Crippen molar-refractivity contribution in [2.24, 2.45) is 0 Å². The highest BCUT2D eigenvalue weighted by atomic mass is 35.5. The summed E-state index contributed by atoms with van der Waals surface area (Å²) >= 11 is 6.08. The standard InChI is InChI=1S/C13H12ClN3O4/c14-10-4-2-1-3-8(10)9-7-21-17-11(9)12(18)15-5-6-16-13(19)20/h1-4,7,16H,5-6H2,(H,15,18)(H,19,20). The largest absolute Gasteiger partial charge is 0.465 e. The third-order valence-electron chi connectivity index (χ3n) is 2.64. The first-order valence-electron chi connectivity index (χ1n) is 6.04. The average Bonchev–Trinajstić information content (AvgIpc) is 2.93. The van der Waals surface area contributed by atoms with Crippen molar-refractivity contribution < 1.29 is 19.2 Å². The number of carbonyl (C=O) groups excluding carboxylic acids is 1. The number of aromatic nitrogens is 1. The lowest BCUT2D eigenvalue weighted by Crippen LogP contribution is -2.34. The van der Waals surface area contributed by atoms with E-state index in [1.54, 1.807) is 24.3 Å². The highest BCUT2D eigenvalue weighted by Gasteiger charge is 2.18. The number of amides is 2. The molecule has 0 spiro atoms. The Kier molecular flexibility index (Phi) is 4.78. The molecule has 2 rings (SSSR count). The molecule has 0 aliphatic rings. The molecule has 0 saturated heterocycles. The molecule has 0 unspecified atom stereocenters. The number of hydrogen-bond donors (Lipinski definition) is 3. The number of hydrogen-bond acceptors (Lipinski definition) is 4. The number of carboxylic acid groups (broad SMARTS) is 1. The normalized spacial score (nSPS) is 10.1. The Morgan fingerprint density at radius 3 is 2.62 bits per heavy atom. The molecule has 0 aliphatic heterocycles. The first-order valence-corrected chi connectivity index (χ1v) is 6.41. The maximum absolute atomic E-state index is 12.0. The number of nitrogens with zero attached hydrogens (tertiary/aromatic N) is 1. The summed E-state index contributed by atoms with van der Waals surface area (Å²) < 4.78 is 4.84. The quantitative estimate of drug-likeness (QED) is 0.733. The predicted molar refractivity (Wildman–Crippen MR) is 75.3 cm³/mol. The third-order valence-corrected chi connectivity index (χ3v) is 2.97. The number of rotatable bonds is 5. The molecule has 2 aromatic rings. The molecule has 0 aliphatic carbocycles. The van der Waals surface area contributed by atoms with Crippen LogP contribution in [0.1, 0.15) is 10.5 Å². The molecule has 110 valence electrons. The van der Waals surface area contributed by atoms with E-state index >= 15 is 0 Å². The van der Waals surface area contributed by atoms with Crippen molar-refractivity contribution in [3.63, 3.8) is 0 Å². The zero-order chi connectivity index (χ0) is 15.2. The van der Waals surface area contributed by atoms with Crippen LogP contribution in [0.15, 0.2) is 35.1 Å². The van der Waals surface area contributed by atoms with Gasteiger partial charge in [-0.25, -0.2) is 4.79 Å². The first kappa shape index (κ1) is 14.9. The topological polar surface area (TPSA) is 104 Å². The summed E-state index contributed by atoms with van der Waals surface area (Å²) in [5.74, 6) is -0.467. The van der Waals surface area contributed by atoms with Gasteiger partial charge in [0.25, 0.3) is 5.91 Å². The summed E-state index contributed by atoms with van der Waals surface area (Å²) in [4.78, 5) is 22.3. The molecule has 21 heavy (non-hydrogen) atoms. The van der Waals surface area contributed by atoms with E-state index in [-0.39, 0.29) is 18.8 Å². The van der Waals surface area contributed by atoms with Gasteiger partial charge in [-0.3, -0.25) is 4.79 Å². The Morgan fingerprint density at radius 1 is 1.19 bits per heavy atom. The van der Waals surface area contributed by atoms with E-state index in [4.69, 9.17) is 21.2 Å².